The van der Waals surface area contributed by atoms with Gasteiger partial charge in [-0.15, -0.1) is 0 Å². The van der Waals surface area contributed by atoms with Gasteiger partial charge in [-0.3, -0.25) is 4.98 Å². The number of nitrogens with one attached hydrogen (secondary N) is 1. The Morgan fingerprint density at radius 2 is 2.14 bits per heavy atom. The Bertz CT molecular complexity index is 601. The molecule has 0 spiro atoms. The number of halogens is 1. The summed E-state index contributed by atoms with van der Waals surface area (Å²) in [5, 5.41) is 3.38. The van der Waals surface area contributed by atoms with E-state index in [4.69, 9.17) is 4.74 Å². The van der Waals surface area contributed by atoms with Crippen LogP contribution in [0.15, 0.2) is 36.5 Å². The summed E-state index contributed by atoms with van der Waals surface area (Å²) >= 11 is 0. The maximum atomic E-state index is 14.4. The van der Waals surface area contributed by atoms with Crippen LogP contribution in [0.2, 0.25) is 0 Å². The molecule has 0 fully saturated rings. The molecule has 1 aromatic carbocycles. The van der Waals surface area contributed by atoms with E-state index in [2.05, 4.69) is 17.2 Å². The highest BCUT2D eigenvalue weighted by Gasteiger charge is 2.20. The third-order valence-electron chi connectivity index (χ3n) is 3.44. The lowest BCUT2D eigenvalue weighted by Crippen LogP contribution is -2.25. The molecule has 1 unspecified atom stereocenters. The van der Waals surface area contributed by atoms with Gasteiger partial charge in [-0.05, 0) is 37.6 Å². The number of methoxy groups -OCH3 is 1. The number of nitrogens with zero attached hydrogens (tertiary/aromatic N) is 1. The molecule has 4 heteroatoms. The summed E-state index contributed by atoms with van der Waals surface area (Å²) in [6, 6.07) is 8.57. The Labute approximate surface area is 125 Å². The van der Waals surface area contributed by atoms with Crippen LogP contribution in [0.3, 0.4) is 0 Å². The largest absolute Gasteiger partial charge is 0.497 e. The van der Waals surface area contributed by atoms with Gasteiger partial charge >= 0.3 is 0 Å². The lowest BCUT2D eigenvalue weighted by Gasteiger charge is -2.21. The molecule has 1 atom stereocenters. The normalized spacial score (nSPS) is 12.2. The lowest BCUT2D eigenvalue weighted by molar-refractivity contribution is 0.409. The number of rotatable bonds is 6. The van der Waals surface area contributed by atoms with E-state index >= 15 is 0 Å². The van der Waals surface area contributed by atoms with Crippen molar-refractivity contribution in [3.63, 3.8) is 0 Å². The van der Waals surface area contributed by atoms with Gasteiger partial charge in [0, 0.05) is 17.8 Å². The van der Waals surface area contributed by atoms with Crippen LogP contribution in [0.25, 0.3) is 0 Å². The summed E-state index contributed by atoms with van der Waals surface area (Å²) in [6.07, 6.45) is 2.71. The van der Waals surface area contributed by atoms with Gasteiger partial charge in [0.05, 0.1) is 18.8 Å². The van der Waals surface area contributed by atoms with E-state index in [1.54, 1.807) is 18.3 Å². The molecule has 0 saturated carbocycles. The Kier molecular flexibility index (Phi) is 5.28. The highest BCUT2D eigenvalue weighted by atomic mass is 19.1. The van der Waals surface area contributed by atoms with Gasteiger partial charge in [0.25, 0.3) is 0 Å². The predicted molar refractivity (Wildman–Crippen MR) is 82.1 cm³/mol. The summed E-state index contributed by atoms with van der Waals surface area (Å²) in [4.78, 5) is 4.43. The van der Waals surface area contributed by atoms with Crippen molar-refractivity contribution in [1.29, 1.82) is 0 Å². The summed E-state index contributed by atoms with van der Waals surface area (Å²) < 4.78 is 19.4. The lowest BCUT2D eigenvalue weighted by atomic mass is 9.99. The fourth-order valence-corrected chi connectivity index (χ4v) is 2.31. The second-order valence-corrected chi connectivity index (χ2v) is 4.98. The molecule has 2 rings (SSSR count). The number of aryl methyl sites for hydroxylation is 1. The highest BCUT2D eigenvalue weighted by molar-refractivity contribution is 5.36. The van der Waals surface area contributed by atoms with Crippen LogP contribution < -0.4 is 10.1 Å². The van der Waals surface area contributed by atoms with E-state index in [0.717, 1.165) is 24.2 Å². The highest BCUT2D eigenvalue weighted by Crippen LogP contribution is 2.27. The molecule has 0 aliphatic rings. The predicted octanol–water partition coefficient (Wildman–Crippen LogP) is 3.63. The number of hydrogen-bond donors (Lipinski definition) is 1. The second-order valence-electron chi connectivity index (χ2n) is 4.98. The Hall–Kier alpha value is -1.94. The Morgan fingerprint density at radius 3 is 2.76 bits per heavy atom. The van der Waals surface area contributed by atoms with E-state index in [1.807, 2.05) is 19.1 Å². The number of pyridine rings is 1. The van der Waals surface area contributed by atoms with Gasteiger partial charge in [-0.25, -0.2) is 4.39 Å². The van der Waals surface area contributed by atoms with E-state index in [1.165, 1.54) is 13.2 Å². The average molecular weight is 288 g/mol. The number of aromatic nitrogens is 1. The van der Waals surface area contributed by atoms with Gasteiger partial charge < -0.3 is 10.1 Å². The second kappa shape index (κ2) is 7.18. The van der Waals surface area contributed by atoms with Crippen LogP contribution in [0.4, 0.5) is 4.39 Å². The zero-order valence-corrected chi connectivity index (χ0v) is 12.7. The van der Waals surface area contributed by atoms with Crippen molar-refractivity contribution in [2.45, 2.75) is 26.3 Å². The van der Waals surface area contributed by atoms with Crippen molar-refractivity contribution in [3.8, 4) is 5.75 Å². The first-order chi connectivity index (χ1) is 10.2. The van der Waals surface area contributed by atoms with Gasteiger partial charge in [0.1, 0.15) is 11.6 Å². The van der Waals surface area contributed by atoms with Crippen LogP contribution in [0, 0.1) is 12.7 Å². The monoisotopic (exact) mass is 288 g/mol. The van der Waals surface area contributed by atoms with E-state index in [-0.39, 0.29) is 11.9 Å². The molecule has 112 valence electrons. The molecule has 1 aromatic heterocycles. The van der Waals surface area contributed by atoms with Gasteiger partial charge in [-0.2, -0.15) is 0 Å². The molecule has 0 saturated heterocycles. The van der Waals surface area contributed by atoms with Gasteiger partial charge in [0.2, 0.25) is 0 Å². The molecule has 0 bridgehead atoms. The summed E-state index contributed by atoms with van der Waals surface area (Å²) in [7, 11) is 1.53. The average Bonchev–Trinajstić information content (AvgIpc) is 2.50. The molecule has 3 nitrogen and oxygen atoms in total. The van der Waals surface area contributed by atoms with Crippen molar-refractivity contribution >= 4 is 0 Å². The van der Waals surface area contributed by atoms with E-state index in [9.17, 15) is 4.39 Å². The standard InChI is InChI=1S/C17H21FN2O/c1-4-9-19-17(16-12(2)6-5-10-20-16)14-8-7-13(21-3)11-15(14)18/h5-8,10-11,17,19H,4,9H2,1-3H3. The topological polar surface area (TPSA) is 34.1 Å². The van der Waals surface area contributed by atoms with Gasteiger partial charge in [-0.1, -0.05) is 19.1 Å². The van der Waals surface area contributed by atoms with Crippen LogP contribution >= 0.6 is 0 Å². The zero-order valence-electron chi connectivity index (χ0n) is 12.7. The number of benzene rings is 1. The molecule has 1 heterocycles. The fourth-order valence-electron chi connectivity index (χ4n) is 2.31. The zero-order chi connectivity index (χ0) is 15.2. The van der Waals surface area contributed by atoms with Crippen LogP contribution in [-0.2, 0) is 0 Å². The summed E-state index contributed by atoms with van der Waals surface area (Å²) in [5.74, 6) is 0.233. The number of ether oxygens (including phenoxy) is 1. The smallest absolute Gasteiger partial charge is 0.132 e. The van der Waals surface area contributed by atoms with Crippen molar-refractivity contribution in [3.05, 3.63) is 59.2 Å². The molecule has 1 N–H and O–H groups in total. The van der Waals surface area contributed by atoms with Crippen molar-refractivity contribution in [2.75, 3.05) is 13.7 Å². The van der Waals surface area contributed by atoms with E-state index in [0.29, 0.717) is 11.3 Å². The van der Waals surface area contributed by atoms with Crippen molar-refractivity contribution in [2.24, 2.45) is 0 Å². The summed E-state index contributed by atoms with van der Waals surface area (Å²) in [5.41, 5.74) is 2.49. The SMILES string of the molecule is CCCNC(c1ccc(OC)cc1F)c1ncccc1C. The molecule has 0 amide bonds. The third-order valence-corrected chi connectivity index (χ3v) is 3.44. The first kappa shape index (κ1) is 15.4. The molecule has 2 aromatic rings. The molecule has 0 aliphatic carbocycles. The summed E-state index contributed by atoms with van der Waals surface area (Å²) in [6.45, 7) is 4.87. The molecule has 0 radical (unpaired) electrons. The number of hydrogen-bond acceptors (Lipinski definition) is 3. The minimum atomic E-state index is -0.284. The van der Waals surface area contributed by atoms with Crippen LogP contribution in [0.1, 0.15) is 36.2 Å². The molecular weight excluding hydrogens is 267 g/mol. The molecular formula is C17H21FN2O. The maximum absolute atomic E-state index is 14.4. The van der Waals surface area contributed by atoms with Gasteiger partial charge in [0.15, 0.2) is 0 Å². The Balaban J connectivity index is 2.43. The van der Waals surface area contributed by atoms with Crippen LogP contribution in [0.5, 0.6) is 5.75 Å². The first-order valence-electron chi connectivity index (χ1n) is 7.15. The minimum Gasteiger partial charge on any atom is -0.497 e. The first-order valence-corrected chi connectivity index (χ1v) is 7.15. The fraction of sp³-hybridized carbons (Fsp3) is 0.353. The van der Waals surface area contributed by atoms with Crippen LogP contribution in [-0.4, -0.2) is 18.6 Å². The Morgan fingerprint density at radius 1 is 1.33 bits per heavy atom. The third kappa shape index (κ3) is 3.58. The molecule has 21 heavy (non-hydrogen) atoms. The van der Waals surface area contributed by atoms with Crippen molar-refractivity contribution < 1.29 is 9.13 Å². The quantitative estimate of drug-likeness (QED) is 0.881. The maximum Gasteiger partial charge on any atom is 0.132 e. The van der Waals surface area contributed by atoms with Crippen molar-refractivity contribution in [1.82, 2.24) is 10.3 Å². The minimum absolute atomic E-state index is 0.253. The molecule has 0 aliphatic heterocycles. The van der Waals surface area contributed by atoms with E-state index < -0.39 is 0 Å².